The molecule has 0 aliphatic rings. The zero-order chi connectivity index (χ0) is 19.8. The van der Waals surface area contributed by atoms with Gasteiger partial charge in [0.1, 0.15) is 26.3 Å². The van der Waals surface area contributed by atoms with Crippen molar-refractivity contribution in [2.24, 2.45) is 5.41 Å². The Bertz CT molecular complexity index is 383. The van der Waals surface area contributed by atoms with Gasteiger partial charge in [-0.3, -0.25) is 9.59 Å². The number of hydrogen-bond donors (Lipinski definition) is 1. The number of unbranched alkanes of at least 4 members (excludes halogenated alkanes) is 1. The molecule has 0 spiro atoms. The molecule has 0 rings (SSSR count). The largest absolute Gasteiger partial charge is 0.481 e. The van der Waals surface area contributed by atoms with Crippen LogP contribution in [0.25, 0.3) is 0 Å². The highest BCUT2D eigenvalue weighted by Gasteiger charge is 2.28. The molecule has 0 fully saturated rings. The molecule has 0 amide bonds. The number of hydrogen-bond acceptors (Lipinski definition) is 7. The number of carbonyl (C=O) groups is 2. The minimum absolute atomic E-state index is 0.0183. The second-order valence-electron chi connectivity index (χ2n) is 6.48. The van der Waals surface area contributed by atoms with Crippen LogP contribution < -0.4 is 0 Å². The van der Waals surface area contributed by atoms with E-state index >= 15 is 0 Å². The van der Waals surface area contributed by atoms with E-state index in [0.717, 1.165) is 0 Å². The molecule has 0 bridgehead atoms. The van der Waals surface area contributed by atoms with Crippen LogP contribution >= 0.6 is 0 Å². The summed E-state index contributed by atoms with van der Waals surface area (Å²) in [5, 5.41) is 8.56. The molecule has 1 unspecified atom stereocenters. The average molecular weight is 378 g/mol. The molecule has 0 aliphatic heterocycles. The first-order valence-electron chi connectivity index (χ1n) is 9.07. The van der Waals surface area contributed by atoms with Crippen LogP contribution in [0.5, 0.6) is 0 Å². The third kappa shape index (κ3) is 13.0. The lowest BCUT2D eigenvalue weighted by Crippen LogP contribution is -2.33. The van der Waals surface area contributed by atoms with E-state index < -0.39 is 17.5 Å². The standard InChI is InChI=1S/C18H34O8/c1-5-18(3,4)17(21)25-12-15(11-24-13-22-6-2)26-14-23-10-8-7-9-16(19)20/h15H,5-14H2,1-4H3,(H,19,20). The summed E-state index contributed by atoms with van der Waals surface area (Å²) in [6.45, 7) is 8.84. The first kappa shape index (κ1) is 24.8. The van der Waals surface area contributed by atoms with Crippen LogP contribution in [0.15, 0.2) is 0 Å². The molecule has 0 aliphatic carbocycles. The Balaban J connectivity index is 4.13. The Kier molecular flexibility index (Phi) is 14.2. The quantitative estimate of drug-likeness (QED) is 0.234. The Hall–Kier alpha value is -1.22. The smallest absolute Gasteiger partial charge is 0.311 e. The van der Waals surface area contributed by atoms with Crippen LogP contribution in [0.1, 0.15) is 53.4 Å². The number of aliphatic carboxylic acids is 1. The van der Waals surface area contributed by atoms with Gasteiger partial charge >= 0.3 is 11.9 Å². The molecule has 0 radical (unpaired) electrons. The van der Waals surface area contributed by atoms with E-state index in [1.54, 1.807) is 0 Å². The van der Waals surface area contributed by atoms with Gasteiger partial charge in [0.25, 0.3) is 0 Å². The SMILES string of the molecule is CCOCOCC(COC(=O)C(C)(C)CC)OCOCCCCC(=O)O. The Morgan fingerprint density at radius 2 is 1.73 bits per heavy atom. The molecule has 0 aromatic heterocycles. The summed E-state index contributed by atoms with van der Waals surface area (Å²) in [6.07, 6.45) is 1.53. The Morgan fingerprint density at radius 3 is 2.35 bits per heavy atom. The molecule has 0 saturated carbocycles. The van der Waals surface area contributed by atoms with E-state index in [2.05, 4.69) is 0 Å². The lowest BCUT2D eigenvalue weighted by atomic mass is 9.91. The number of ether oxygens (including phenoxy) is 5. The summed E-state index contributed by atoms with van der Waals surface area (Å²) in [7, 11) is 0. The molecule has 26 heavy (non-hydrogen) atoms. The van der Waals surface area contributed by atoms with Gasteiger partial charge in [-0.2, -0.15) is 0 Å². The summed E-state index contributed by atoms with van der Waals surface area (Å²) in [4.78, 5) is 22.5. The summed E-state index contributed by atoms with van der Waals surface area (Å²) < 4.78 is 26.7. The third-order valence-corrected chi connectivity index (χ3v) is 3.83. The minimum Gasteiger partial charge on any atom is -0.481 e. The molecule has 0 heterocycles. The molecule has 1 atom stereocenters. The number of carbonyl (C=O) groups excluding carboxylic acids is 1. The zero-order valence-corrected chi connectivity index (χ0v) is 16.5. The fourth-order valence-electron chi connectivity index (χ4n) is 1.66. The first-order valence-corrected chi connectivity index (χ1v) is 9.07. The van der Waals surface area contributed by atoms with Crippen LogP contribution in [0.4, 0.5) is 0 Å². The monoisotopic (exact) mass is 378 g/mol. The highest BCUT2D eigenvalue weighted by atomic mass is 16.7. The molecule has 0 saturated heterocycles. The van der Waals surface area contributed by atoms with Crippen molar-refractivity contribution in [2.75, 3.05) is 40.0 Å². The van der Waals surface area contributed by atoms with E-state index in [-0.39, 0.29) is 39.2 Å². The molecule has 8 heteroatoms. The summed E-state index contributed by atoms with van der Waals surface area (Å²) >= 11 is 0. The third-order valence-electron chi connectivity index (χ3n) is 3.83. The summed E-state index contributed by atoms with van der Waals surface area (Å²) in [5.41, 5.74) is -0.544. The topological polar surface area (TPSA) is 101 Å². The van der Waals surface area contributed by atoms with Gasteiger partial charge in [0.15, 0.2) is 0 Å². The van der Waals surface area contributed by atoms with Crippen molar-refractivity contribution in [1.82, 2.24) is 0 Å². The van der Waals surface area contributed by atoms with Crippen LogP contribution in [0.2, 0.25) is 0 Å². The van der Waals surface area contributed by atoms with Gasteiger partial charge in [-0.05, 0) is 40.0 Å². The fraction of sp³-hybridized carbons (Fsp3) is 0.889. The molecule has 154 valence electrons. The molecule has 8 nitrogen and oxygen atoms in total. The maximum atomic E-state index is 12.1. The zero-order valence-electron chi connectivity index (χ0n) is 16.5. The fourth-order valence-corrected chi connectivity index (χ4v) is 1.66. The van der Waals surface area contributed by atoms with Gasteiger partial charge in [-0.1, -0.05) is 6.92 Å². The average Bonchev–Trinajstić information content (AvgIpc) is 2.60. The Labute approximate surface area is 156 Å². The van der Waals surface area contributed by atoms with Crippen LogP contribution in [-0.2, 0) is 33.3 Å². The molecule has 1 N–H and O–H groups in total. The highest BCUT2D eigenvalue weighted by molar-refractivity contribution is 5.75. The summed E-state index contributed by atoms with van der Waals surface area (Å²) in [6, 6.07) is 0. The highest BCUT2D eigenvalue weighted by Crippen LogP contribution is 2.21. The van der Waals surface area contributed by atoms with Crippen molar-refractivity contribution < 1.29 is 38.4 Å². The van der Waals surface area contributed by atoms with E-state index in [0.29, 0.717) is 32.5 Å². The summed E-state index contributed by atoms with van der Waals surface area (Å²) in [5.74, 6) is -1.10. The van der Waals surface area contributed by atoms with Gasteiger partial charge < -0.3 is 28.8 Å². The van der Waals surface area contributed by atoms with Crippen LogP contribution in [0.3, 0.4) is 0 Å². The van der Waals surface area contributed by atoms with Gasteiger partial charge in [-0.25, -0.2) is 0 Å². The van der Waals surface area contributed by atoms with Crippen molar-refractivity contribution in [3.05, 3.63) is 0 Å². The second-order valence-corrected chi connectivity index (χ2v) is 6.48. The van der Waals surface area contributed by atoms with E-state index in [9.17, 15) is 9.59 Å². The van der Waals surface area contributed by atoms with Crippen LogP contribution in [0, 0.1) is 5.41 Å². The second kappa shape index (κ2) is 14.9. The number of esters is 1. The van der Waals surface area contributed by atoms with Gasteiger partial charge in [-0.15, -0.1) is 0 Å². The van der Waals surface area contributed by atoms with E-state index in [1.165, 1.54) is 0 Å². The van der Waals surface area contributed by atoms with Crippen molar-refractivity contribution in [3.8, 4) is 0 Å². The van der Waals surface area contributed by atoms with E-state index in [4.69, 9.17) is 28.8 Å². The molecule has 0 aromatic rings. The number of carboxylic acid groups (broad SMARTS) is 1. The van der Waals surface area contributed by atoms with Crippen molar-refractivity contribution in [1.29, 1.82) is 0 Å². The maximum absolute atomic E-state index is 12.1. The molecular weight excluding hydrogens is 344 g/mol. The maximum Gasteiger partial charge on any atom is 0.311 e. The van der Waals surface area contributed by atoms with Crippen molar-refractivity contribution >= 4 is 11.9 Å². The van der Waals surface area contributed by atoms with E-state index in [1.807, 2.05) is 27.7 Å². The van der Waals surface area contributed by atoms with Gasteiger partial charge in [0, 0.05) is 19.6 Å². The van der Waals surface area contributed by atoms with Crippen molar-refractivity contribution in [3.63, 3.8) is 0 Å². The first-order chi connectivity index (χ1) is 12.3. The normalized spacial score (nSPS) is 12.8. The van der Waals surface area contributed by atoms with Crippen LogP contribution in [-0.4, -0.2) is 63.2 Å². The molecular formula is C18H34O8. The number of rotatable bonds is 17. The predicted octanol–water partition coefficient (Wildman–Crippen LogP) is 2.59. The van der Waals surface area contributed by atoms with Gasteiger partial charge in [0.05, 0.1) is 12.0 Å². The van der Waals surface area contributed by atoms with Gasteiger partial charge in [0.2, 0.25) is 0 Å². The minimum atomic E-state index is -0.815. The lowest BCUT2D eigenvalue weighted by Gasteiger charge is -2.23. The number of carboxylic acids is 1. The lowest BCUT2D eigenvalue weighted by molar-refractivity contribution is -0.171. The van der Waals surface area contributed by atoms with Crippen molar-refractivity contribution in [2.45, 2.75) is 59.5 Å². The predicted molar refractivity (Wildman–Crippen MR) is 94.7 cm³/mol. The molecule has 0 aromatic carbocycles. The Morgan fingerprint density at radius 1 is 1.00 bits per heavy atom.